The highest BCUT2D eigenvalue weighted by atomic mass is 16.6. The number of ether oxygens (including phenoxy) is 3. The molecule has 0 aliphatic carbocycles. The molecule has 0 aliphatic heterocycles. The Bertz CT molecular complexity index is 1370. The maximum atomic E-state index is 12.7. The van der Waals surface area contributed by atoms with Crippen molar-refractivity contribution < 1.29 is 28.6 Å². The molecule has 0 saturated heterocycles. The van der Waals surface area contributed by atoms with Crippen LogP contribution in [0.1, 0.15) is 168 Å². The van der Waals surface area contributed by atoms with Crippen LogP contribution in [-0.2, 0) is 28.6 Å². The average molecular weight is 827 g/mol. The second-order valence-corrected chi connectivity index (χ2v) is 14.6. The van der Waals surface area contributed by atoms with Crippen LogP contribution in [0.5, 0.6) is 0 Å². The van der Waals surface area contributed by atoms with Crippen molar-refractivity contribution in [2.24, 2.45) is 0 Å². The van der Waals surface area contributed by atoms with Crippen molar-refractivity contribution in [1.82, 2.24) is 0 Å². The van der Waals surface area contributed by atoms with Gasteiger partial charge in [0.05, 0.1) is 6.42 Å². The third-order valence-corrected chi connectivity index (χ3v) is 8.92. The minimum absolute atomic E-state index is 0.105. The zero-order valence-corrected chi connectivity index (χ0v) is 37.9. The summed E-state index contributed by atoms with van der Waals surface area (Å²) in [5, 5.41) is 0. The minimum atomic E-state index is -0.876. The van der Waals surface area contributed by atoms with E-state index in [0.29, 0.717) is 12.8 Å². The molecule has 0 spiro atoms. The average Bonchev–Trinajstić information content (AvgIpc) is 3.24. The first-order chi connectivity index (χ1) is 29.5. The van der Waals surface area contributed by atoms with Gasteiger partial charge in [0, 0.05) is 12.8 Å². The van der Waals surface area contributed by atoms with E-state index in [1.54, 1.807) is 6.08 Å². The van der Waals surface area contributed by atoms with E-state index in [4.69, 9.17) is 14.2 Å². The zero-order valence-electron chi connectivity index (χ0n) is 37.9. The van der Waals surface area contributed by atoms with E-state index in [0.717, 1.165) is 70.6 Å². The van der Waals surface area contributed by atoms with Gasteiger partial charge in [-0.2, -0.15) is 0 Å². The van der Waals surface area contributed by atoms with E-state index < -0.39 is 18.0 Å². The van der Waals surface area contributed by atoms with Crippen LogP contribution >= 0.6 is 0 Å². The molecule has 0 N–H and O–H groups in total. The Morgan fingerprint density at radius 3 is 1.23 bits per heavy atom. The second-order valence-electron chi connectivity index (χ2n) is 14.6. The fourth-order valence-corrected chi connectivity index (χ4v) is 5.51. The maximum absolute atomic E-state index is 12.7. The van der Waals surface area contributed by atoms with Crippen molar-refractivity contribution in [3.63, 3.8) is 0 Å². The first-order valence-corrected chi connectivity index (χ1v) is 23.2. The Morgan fingerprint density at radius 1 is 0.367 bits per heavy atom. The third kappa shape index (κ3) is 44.6. The summed E-state index contributed by atoms with van der Waals surface area (Å²) in [6.07, 6.45) is 66.3. The molecular weight excluding hydrogens is 745 g/mol. The van der Waals surface area contributed by atoms with Crippen molar-refractivity contribution in [2.75, 3.05) is 13.2 Å². The topological polar surface area (TPSA) is 78.9 Å². The van der Waals surface area contributed by atoms with Gasteiger partial charge in [0.15, 0.2) is 6.10 Å². The number of rotatable bonds is 39. The molecule has 0 radical (unpaired) electrons. The number of hydrogen-bond donors (Lipinski definition) is 0. The molecule has 60 heavy (non-hydrogen) atoms. The van der Waals surface area contributed by atoms with Crippen LogP contribution in [0.15, 0.2) is 134 Å². The Balaban J connectivity index is 4.63. The normalized spacial score (nSPS) is 13.3. The van der Waals surface area contributed by atoms with Gasteiger partial charge in [-0.1, -0.05) is 187 Å². The monoisotopic (exact) mass is 827 g/mol. The lowest BCUT2D eigenvalue weighted by Crippen LogP contribution is -2.30. The van der Waals surface area contributed by atoms with Crippen molar-refractivity contribution in [1.29, 1.82) is 0 Å². The highest BCUT2D eigenvalue weighted by molar-refractivity contribution is 5.72. The summed E-state index contributed by atoms with van der Waals surface area (Å²) in [6, 6.07) is 0. The predicted octanol–water partition coefficient (Wildman–Crippen LogP) is 15.1. The molecule has 0 amide bonds. The zero-order chi connectivity index (χ0) is 43.7. The first-order valence-electron chi connectivity index (χ1n) is 23.2. The SMILES string of the molecule is CC/C=C\C/C=C\C/C=C\C/C=C\C/C=C\CCC(=O)OC(COC(=O)C/C=C\C/C=C\C/C=C\CC)COC(=O)CCC/C=C\C/C=C\C/C=C\CCCCCCCC. The molecule has 0 aromatic rings. The Labute approximate surface area is 366 Å². The van der Waals surface area contributed by atoms with E-state index >= 15 is 0 Å². The Kier molecular flexibility index (Phi) is 43.7. The summed E-state index contributed by atoms with van der Waals surface area (Å²) in [6.45, 7) is 6.15. The Hall–Kier alpha value is -4.45. The van der Waals surface area contributed by atoms with Gasteiger partial charge in [0.1, 0.15) is 13.2 Å². The fraction of sp³-hybridized carbons (Fsp3) is 0.537. The standard InChI is InChI=1S/C54H82O6/c1-4-7-10-13-16-19-21-23-25-27-29-30-32-35-38-41-44-47-53(56)59-50-51(49-58-52(55)46-43-40-37-34-18-15-12-9-6-3)60-54(57)48-45-42-39-36-33-31-28-26-24-22-20-17-14-11-8-5-2/h8-9,11-12,17-18,20,23-26,29-31,33-35,38-40,42-43,51H,4-7,10,13-16,19,21-22,27-28,32,36-37,41,44-50H2,1-3H3/b11-8-,12-9-,20-17-,25-23-,26-24-,30-29-,33-31-,34-18-,38-35-,42-39-,43-40-. The quantitative estimate of drug-likeness (QED) is 0.0266. The molecular formula is C54H82O6. The molecule has 0 fully saturated rings. The first kappa shape index (κ1) is 55.5. The number of carbonyl (C=O) groups excluding carboxylic acids is 3. The smallest absolute Gasteiger partial charge is 0.309 e. The van der Waals surface area contributed by atoms with Crippen molar-refractivity contribution in [3.8, 4) is 0 Å². The highest BCUT2D eigenvalue weighted by Gasteiger charge is 2.19. The lowest BCUT2D eigenvalue weighted by molar-refractivity contribution is -0.166. The summed E-state index contributed by atoms with van der Waals surface area (Å²) in [5.41, 5.74) is 0. The van der Waals surface area contributed by atoms with Gasteiger partial charge in [-0.3, -0.25) is 14.4 Å². The summed E-state index contributed by atoms with van der Waals surface area (Å²) in [5.74, 6) is -1.24. The van der Waals surface area contributed by atoms with Crippen molar-refractivity contribution in [3.05, 3.63) is 134 Å². The summed E-state index contributed by atoms with van der Waals surface area (Å²) in [4.78, 5) is 37.6. The van der Waals surface area contributed by atoms with Gasteiger partial charge < -0.3 is 14.2 Å². The molecule has 0 aromatic carbocycles. The minimum Gasteiger partial charge on any atom is -0.462 e. The van der Waals surface area contributed by atoms with Gasteiger partial charge in [0.25, 0.3) is 0 Å². The second kappa shape index (κ2) is 47.2. The lowest BCUT2D eigenvalue weighted by atomic mass is 10.1. The number of allylic oxidation sites excluding steroid dienone is 21. The molecule has 1 atom stereocenters. The highest BCUT2D eigenvalue weighted by Crippen LogP contribution is 2.09. The number of carbonyl (C=O) groups is 3. The van der Waals surface area contributed by atoms with E-state index in [9.17, 15) is 14.4 Å². The molecule has 0 saturated carbocycles. The van der Waals surface area contributed by atoms with E-state index in [1.165, 1.54) is 44.9 Å². The van der Waals surface area contributed by atoms with E-state index in [-0.39, 0.29) is 38.4 Å². The Morgan fingerprint density at radius 2 is 0.750 bits per heavy atom. The molecule has 0 rings (SSSR count). The predicted molar refractivity (Wildman–Crippen MR) is 256 cm³/mol. The van der Waals surface area contributed by atoms with Crippen molar-refractivity contribution >= 4 is 17.9 Å². The lowest BCUT2D eigenvalue weighted by Gasteiger charge is -2.18. The van der Waals surface area contributed by atoms with Gasteiger partial charge in [-0.15, -0.1) is 0 Å². The third-order valence-electron chi connectivity index (χ3n) is 8.92. The summed E-state index contributed by atoms with van der Waals surface area (Å²) >= 11 is 0. The fourth-order valence-electron chi connectivity index (χ4n) is 5.51. The molecule has 1 unspecified atom stereocenters. The molecule has 0 aromatic heterocycles. The van der Waals surface area contributed by atoms with Gasteiger partial charge in [-0.25, -0.2) is 0 Å². The van der Waals surface area contributed by atoms with Crippen LogP contribution in [0.3, 0.4) is 0 Å². The van der Waals surface area contributed by atoms with Gasteiger partial charge in [0.2, 0.25) is 0 Å². The van der Waals surface area contributed by atoms with Crippen LogP contribution in [0.2, 0.25) is 0 Å². The van der Waals surface area contributed by atoms with Gasteiger partial charge >= 0.3 is 17.9 Å². The van der Waals surface area contributed by atoms with Crippen LogP contribution in [0, 0.1) is 0 Å². The largest absolute Gasteiger partial charge is 0.462 e. The molecule has 0 heterocycles. The van der Waals surface area contributed by atoms with Crippen LogP contribution < -0.4 is 0 Å². The molecule has 334 valence electrons. The maximum Gasteiger partial charge on any atom is 0.309 e. The molecule has 0 bridgehead atoms. The van der Waals surface area contributed by atoms with Gasteiger partial charge in [-0.05, 0) is 96.3 Å². The number of unbranched alkanes of at least 4 members (excludes halogenated alkanes) is 7. The molecule has 6 nitrogen and oxygen atoms in total. The number of esters is 3. The van der Waals surface area contributed by atoms with Crippen molar-refractivity contribution in [2.45, 2.75) is 175 Å². The van der Waals surface area contributed by atoms with E-state index in [1.807, 2.05) is 18.2 Å². The van der Waals surface area contributed by atoms with Crippen LogP contribution in [0.25, 0.3) is 0 Å². The molecule has 6 heteroatoms. The van der Waals surface area contributed by atoms with Crippen LogP contribution in [0.4, 0.5) is 0 Å². The molecule has 0 aliphatic rings. The summed E-state index contributed by atoms with van der Waals surface area (Å²) < 4.78 is 16.5. The van der Waals surface area contributed by atoms with Crippen LogP contribution in [-0.4, -0.2) is 37.2 Å². The summed E-state index contributed by atoms with van der Waals surface area (Å²) in [7, 11) is 0. The van der Waals surface area contributed by atoms with E-state index in [2.05, 4.69) is 130 Å². The number of hydrogen-bond acceptors (Lipinski definition) is 6.